The van der Waals surface area contributed by atoms with Gasteiger partial charge in [0.25, 0.3) is 5.91 Å². The van der Waals surface area contributed by atoms with Gasteiger partial charge in [0.05, 0.1) is 30.2 Å². The van der Waals surface area contributed by atoms with Crippen molar-refractivity contribution >= 4 is 40.4 Å². The Bertz CT molecular complexity index is 1970. The summed E-state index contributed by atoms with van der Waals surface area (Å²) in [4.78, 5) is 44.8. The lowest BCUT2D eigenvalue weighted by molar-refractivity contribution is -0.274. The summed E-state index contributed by atoms with van der Waals surface area (Å²) in [5.74, 6) is -1.79. The van der Waals surface area contributed by atoms with Gasteiger partial charge >= 0.3 is 6.36 Å². The first kappa shape index (κ1) is 36.7. The predicted octanol–water partition coefficient (Wildman–Crippen LogP) is 7.42. The van der Waals surface area contributed by atoms with Crippen molar-refractivity contribution in [3.05, 3.63) is 82.7 Å². The largest absolute Gasteiger partial charge is 0.573 e. The van der Waals surface area contributed by atoms with Crippen LogP contribution >= 0.6 is 0 Å². The van der Waals surface area contributed by atoms with Crippen molar-refractivity contribution in [3.8, 4) is 16.9 Å². The lowest BCUT2D eigenvalue weighted by Crippen LogP contribution is -2.53. The molecule has 2 N–H and O–H groups in total. The van der Waals surface area contributed by atoms with Crippen LogP contribution in [-0.4, -0.2) is 61.1 Å². The van der Waals surface area contributed by atoms with Crippen molar-refractivity contribution in [2.45, 2.75) is 77.7 Å². The number of carbonyl (C=O) groups is 3. The number of hydrogen-bond donors (Lipinski definition) is 2. The molecule has 0 aromatic heterocycles. The van der Waals surface area contributed by atoms with Gasteiger partial charge in [-0.25, -0.2) is 4.39 Å². The van der Waals surface area contributed by atoms with Gasteiger partial charge in [0.1, 0.15) is 22.9 Å². The van der Waals surface area contributed by atoms with E-state index in [0.717, 1.165) is 28.3 Å². The minimum atomic E-state index is -4.93. The summed E-state index contributed by atoms with van der Waals surface area (Å²) in [6.45, 7) is 8.06. The van der Waals surface area contributed by atoms with Crippen LogP contribution in [0.5, 0.6) is 5.75 Å². The van der Waals surface area contributed by atoms with Crippen LogP contribution in [0.4, 0.5) is 28.9 Å². The van der Waals surface area contributed by atoms with E-state index < -0.39 is 35.4 Å². The molecule has 6 rings (SSSR count). The van der Waals surface area contributed by atoms with E-state index in [2.05, 4.69) is 20.4 Å². The zero-order valence-electron chi connectivity index (χ0n) is 29.4. The normalized spacial score (nSPS) is 22.2. The Morgan fingerprint density at radius 3 is 2.50 bits per heavy atom. The summed E-state index contributed by atoms with van der Waals surface area (Å²) >= 11 is 0. The number of Topliss-reactive ketones (excluding diaryl/α,β-unsaturated/α-hetero) is 1. The van der Waals surface area contributed by atoms with Crippen molar-refractivity contribution in [1.82, 2.24) is 5.32 Å². The highest BCUT2D eigenvalue weighted by atomic mass is 19.4. The third-order valence-corrected chi connectivity index (χ3v) is 9.74. The second kappa shape index (κ2) is 14.5. The standard InChI is InChI=1S/C39H40F4N4O5/c1-22-18-27(26-8-7-16-51-17-13-28(49)20-26)19-23(2)33(22)34-30(44-25(4)48)11-12-31(35(34)40)47-15-14-38(21-24(47)3)37(50)45-36(46-38)29-9-5-6-10-32(29)52-39(41,42)43/h5-6,8-12,18-19,24H,7,13-17,20-21H2,1-4H3,(H,44,48)(H,45,46,50)/b26-8-/t24-,38+/m0/s1. The molecular formula is C39H40F4N4O5. The maximum Gasteiger partial charge on any atom is 0.573 e. The molecular weight excluding hydrogens is 680 g/mol. The smallest absolute Gasteiger partial charge is 0.405 e. The molecule has 13 heteroatoms. The number of piperidine rings is 1. The monoisotopic (exact) mass is 720 g/mol. The number of nitrogens with one attached hydrogen (secondary N) is 2. The summed E-state index contributed by atoms with van der Waals surface area (Å²) in [6.07, 6.45) is -1.32. The number of carbonyl (C=O) groups excluding carboxylic acids is 3. The van der Waals surface area contributed by atoms with Crippen molar-refractivity contribution < 1.29 is 41.4 Å². The third kappa shape index (κ3) is 7.59. The van der Waals surface area contributed by atoms with Crippen molar-refractivity contribution in [2.75, 3.05) is 30.0 Å². The molecule has 2 amide bonds. The van der Waals surface area contributed by atoms with Gasteiger partial charge in [0.2, 0.25) is 5.91 Å². The number of ether oxygens (including phenoxy) is 2. The first-order valence-corrected chi connectivity index (χ1v) is 17.2. The Hall–Kier alpha value is -5.04. The van der Waals surface area contributed by atoms with Crippen LogP contribution in [0.25, 0.3) is 16.7 Å². The number of ketones is 1. The molecule has 2 atom stereocenters. The van der Waals surface area contributed by atoms with Gasteiger partial charge in [0, 0.05) is 44.3 Å². The minimum absolute atomic E-state index is 0.00285. The molecule has 274 valence electrons. The number of alkyl halides is 3. The van der Waals surface area contributed by atoms with E-state index in [4.69, 9.17) is 4.74 Å². The van der Waals surface area contributed by atoms with Crippen LogP contribution < -0.4 is 20.3 Å². The first-order valence-electron chi connectivity index (χ1n) is 17.2. The van der Waals surface area contributed by atoms with E-state index >= 15 is 4.39 Å². The van der Waals surface area contributed by atoms with E-state index in [1.165, 1.54) is 25.1 Å². The van der Waals surface area contributed by atoms with E-state index in [0.29, 0.717) is 37.3 Å². The number of amidine groups is 1. The molecule has 0 radical (unpaired) electrons. The van der Waals surface area contributed by atoms with Crippen LogP contribution in [0.2, 0.25) is 0 Å². The van der Waals surface area contributed by atoms with Gasteiger partial charge in [-0.3, -0.25) is 19.4 Å². The molecule has 3 aliphatic heterocycles. The molecule has 1 saturated heterocycles. The zero-order chi connectivity index (χ0) is 37.4. The lowest BCUT2D eigenvalue weighted by atomic mass is 9.83. The molecule has 0 saturated carbocycles. The molecule has 0 bridgehead atoms. The van der Waals surface area contributed by atoms with Gasteiger partial charge in [0.15, 0.2) is 5.82 Å². The van der Waals surface area contributed by atoms with Crippen molar-refractivity contribution in [3.63, 3.8) is 0 Å². The van der Waals surface area contributed by atoms with E-state index in [1.54, 1.807) is 12.1 Å². The average molecular weight is 721 g/mol. The van der Waals surface area contributed by atoms with Crippen LogP contribution in [0.3, 0.4) is 0 Å². The molecule has 3 heterocycles. The van der Waals surface area contributed by atoms with Crippen LogP contribution in [0.15, 0.2) is 59.6 Å². The summed E-state index contributed by atoms with van der Waals surface area (Å²) in [5, 5.41) is 5.43. The molecule has 52 heavy (non-hydrogen) atoms. The highest BCUT2D eigenvalue weighted by Crippen LogP contribution is 2.44. The lowest BCUT2D eigenvalue weighted by Gasteiger charge is -2.42. The fraction of sp³-hybridized carbons (Fsp3) is 0.385. The maximum atomic E-state index is 17.1. The number of aliphatic imine (C=N–C) groups is 1. The van der Waals surface area contributed by atoms with Crippen LogP contribution in [-0.2, 0) is 19.1 Å². The van der Waals surface area contributed by atoms with Crippen molar-refractivity contribution in [2.24, 2.45) is 4.99 Å². The van der Waals surface area contributed by atoms with E-state index in [-0.39, 0.29) is 60.1 Å². The fourth-order valence-electron chi connectivity index (χ4n) is 7.48. The summed E-state index contributed by atoms with van der Waals surface area (Å²) < 4.78 is 66.1. The van der Waals surface area contributed by atoms with E-state index in [9.17, 15) is 27.6 Å². The Balaban J connectivity index is 1.33. The topological polar surface area (TPSA) is 109 Å². The average Bonchev–Trinajstić information content (AvgIpc) is 3.41. The van der Waals surface area contributed by atoms with Gasteiger partial charge in [-0.15, -0.1) is 13.2 Å². The number of benzene rings is 3. The molecule has 0 aliphatic carbocycles. The molecule has 3 aliphatic rings. The number of amides is 2. The molecule has 3 aromatic rings. The Kier molecular flexibility index (Phi) is 10.3. The molecule has 1 spiro atoms. The number of rotatable bonds is 6. The van der Waals surface area contributed by atoms with Gasteiger partial charge in [-0.2, -0.15) is 0 Å². The summed E-state index contributed by atoms with van der Waals surface area (Å²) in [6, 6.07) is 12.2. The fourth-order valence-corrected chi connectivity index (χ4v) is 7.48. The van der Waals surface area contributed by atoms with Gasteiger partial charge < -0.3 is 25.0 Å². The van der Waals surface area contributed by atoms with Gasteiger partial charge in [-0.1, -0.05) is 30.3 Å². The minimum Gasteiger partial charge on any atom is -0.405 e. The Morgan fingerprint density at radius 1 is 1.08 bits per heavy atom. The molecule has 1 fully saturated rings. The van der Waals surface area contributed by atoms with Gasteiger partial charge in [-0.05, 0) is 85.7 Å². The Morgan fingerprint density at radius 2 is 1.81 bits per heavy atom. The number of nitrogens with zero attached hydrogens (tertiary/aromatic N) is 2. The molecule has 3 aromatic carbocycles. The highest BCUT2D eigenvalue weighted by molar-refractivity contribution is 6.16. The summed E-state index contributed by atoms with van der Waals surface area (Å²) in [7, 11) is 0. The number of anilines is 2. The third-order valence-electron chi connectivity index (χ3n) is 9.74. The zero-order valence-corrected chi connectivity index (χ0v) is 29.4. The number of aryl methyl sites for hydroxylation is 2. The van der Waals surface area contributed by atoms with E-state index in [1.807, 2.05) is 43.9 Å². The number of hydrogen-bond acceptors (Lipinski definition) is 7. The predicted molar refractivity (Wildman–Crippen MR) is 190 cm³/mol. The number of halogens is 4. The quantitative estimate of drug-likeness (QED) is 0.257. The number of allylic oxidation sites excluding steroid dienone is 1. The first-order chi connectivity index (χ1) is 24.7. The summed E-state index contributed by atoms with van der Waals surface area (Å²) in [5.41, 5.74) is 3.39. The van der Waals surface area contributed by atoms with Crippen LogP contribution in [0, 0.1) is 19.7 Å². The highest BCUT2D eigenvalue weighted by Gasteiger charge is 2.49. The molecule has 9 nitrogen and oxygen atoms in total. The van der Waals surface area contributed by atoms with Crippen molar-refractivity contribution in [1.29, 1.82) is 0 Å². The SMILES string of the molecule is CC(=O)Nc1ccc(N2CC[C@]3(C[C@@H]2C)N=C(c2ccccc2OC(F)(F)F)NC3=O)c(F)c1-c1c(C)cc(/C2=C\CCOCCC(=O)C2)cc1C. The maximum absolute atomic E-state index is 17.1. The van der Waals surface area contributed by atoms with Crippen LogP contribution in [0.1, 0.15) is 68.2 Å². The second-order valence-electron chi connectivity index (χ2n) is 13.6. The molecule has 0 unspecified atom stereocenters. The Labute approximate surface area is 299 Å². The second-order valence-corrected chi connectivity index (χ2v) is 13.6. The number of para-hydroxylation sites is 1.